The number of furan rings is 1. The lowest BCUT2D eigenvalue weighted by atomic mass is 10.00. The van der Waals surface area contributed by atoms with Crippen LogP contribution >= 0.6 is 0 Å². The lowest BCUT2D eigenvalue weighted by Crippen LogP contribution is -2.20. The number of esters is 1. The highest BCUT2D eigenvalue weighted by Gasteiger charge is 2.27. The predicted octanol–water partition coefficient (Wildman–Crippen LogP) is 4.31. The number of benzene rings is 2. The number of Topliss-reactive ketones (excluding diaryl/α,β-unsaturated/α-hetero) is 1. The third-order valence-electron chi connectivity index (χ3n) is 4.36. The van der Waals surface area contributed by atoms with Gasteiger partial charge in [0.15, 0.2) is 6.10 Å². The van der Waals surface area contributed by atoms with Crippen LogP contribution in [-0.4, -0.2) is 21.5 Å². The zero-order chi connectivity index (χ0) is 20.1. The molecule has 0 amide bonds. The Kier molecular flexibility index (Phi) is 5.33. The van der Waals surface area contributed by atoms with E-state index in [0.29, 0.717) is 23.4 Å². The first-order chi connectivity index (χ1) is 14.2. The third kappa shape index (κ3) is 4.32. The average molecular weight is 386 g/mol. The number of carbonyl (C=O) groups excluding carboxylic acids is 2. The fourth-order valence-corrected chi connectivity index (χ4v) is 2.95. The molecule has 6 heteroatoms. The number of ketones is 1. The zero-order valence-electron chi connectivity index (χ0n) is 15.5. The van der Waals surface area contributed by atoms with E-state index in [0.717, 1.165) is 0 Å². The lowest BCUT2D eigenvalue weighted by molar-refractivity contribution is 0.0249. The van der Waals surface area contributed by atoms with Crippen LogP contribution in [-0.2, 0) is 11.3 Å². The summed E-state index contributed by atoms with van der Waals surface area (Å²) < 4.78 is 12.9. The summed E-state index contributed by atoms with van der Waals surface area (Å²) in [6.45, 7) is 0.394. The zero-order valence-corrected chi connectivity index (χ0v) is 15.5. The van der Waals surface area contributed by atoms with E-state index in [1.54, 1.807) is 77.7 Å². The Balaban J connectivity index is 1.55. The van der Waals surface area contributed by atoms with Crippen molar-refractivity contribution in [2.75, 3.05) is 0 Å². The van der Waals surface area contributed by atoms with Crippen molar-refractivity contribution >= 4 is 11.8 Å². The number of aromatic nitrogens is 2. The van der Waals surface area contributed by atoms with Gasteiger partial charge in [-0.15, -0.1) is 0 Å². The van der Waals surface area contributed by atoms with Crippen LogP contribution in [0.15, 0.2) is 95.7 Å². The minimum atomic E-state index is -1.06. The van der Waals surface area contributed by atoms with Crippen molar-refractivity contribution in [1.82, 2.24) is 9.78 Å². The standard InChI is InChI=1S/C23H18N2O4/c26-21(17-8-3-1-4-9-17)22(18-10-5-2-6-11-18)29-23(27)20-13-12-19(28-20)16-25-15-7-14-24-25/h1-15,22H,16H2. The van der Waals surface area contributed by atoms with Crippen molar-refractivity contribution in [3.05, 3.63) is 114 Å². The average Bonchev–Trinajstić information content (AvgIpc) is 3.45. The van der Waals surface area contributed by atoms with Crippen molar-refractivity contribution in [3.8, 4) is 0 Å². The van der Waals surface area contributed by atoms with E-state index < -0.39 is 12.1 Å². The van der Waals surface area contributed by atoms with E-state index in [1.807, 2.05) is 12.1 Å². The lowest BCUT2D eigenvalue weighted by Gasteiger charge is -2.16. The van der Waals surface area contributed by atoms with E-state index in [2.05, 4.69) is 5.10 Å². The number of nitrogens with zero attached hydrogens (tertiary/aromatic N) is 2. The Bertz CT molecular complexity index is 1090. The Morgan fingerprint density at radius 2 is 1.66 bits per heavy atom. The topological polar surface area (TPSA) is 74.3 Å². The molecule has 0 bridgehead atoms. The molecule has 0 radical (unpaired) electrons. The van der Waals surface area contributed by atoms with E-state index in [1.165, 1.54) is 6.07 Å². The van der Waals surface area contributed by atoms with Gasteiger partial charge in [-0.05, 0) is 18.2 Å². The summed E-state index contributed by atoms with van der Waals surface area (Å²) in [6.07, 6.45) is 2.40. The molecule has 29 heavy (non-hydrogen) atoms. The highest BCUT2D eigenvalue weighted by molar-refractivity contribution is 6.01. The van der Waals surface area contributed by atoms with Gasteiger partial charge in [0.25, 0.3) is 0 Å². The number of ether oxygens (including phenoxy) is 1. The van der Waals surface area contributed by atoms with Gasteiger partial charge in [-0.1, -0.05) is 60.7 Å². The first-order valence-electron chi connectivity index (χ1n) is 9.12. The van der Waals surface area contributed by atoms with Crippen molar-refractivity contribution in [3.63, 3.8) is 0 Å². The monoisotopic (exact) mass is 386 g/mol. The molecule has 144 valence electrons. The highest BCUT2D eigenvalue weighted by Crippen LogP contribution is 2.24. The maximum absolute atomic E-state index is 13.0. The summed E-state index contributed by atoms with van der Waals surface area (Å²) >= 11 is 0. The predicted molar refractivity (Wildman–Crippen MR) is 105 cm³/mol. The third-order valence-corrected chi connectivity index (χ3v) is 4.36. The Labute approximate surface area is 167 Å². The molecule has 4 aromatic rings. The molecule has 1 unspecified atom stereocenters. The van der Waals surface area contributed by atoms with Gasteiger partial charge >= 0.3 is 5.97 Å². The van der Waals surface area contributed by atoms with Crippen LogP contribution in [0, 0.1) is 0 Å². The van der Waals surface area contributed by atoms with E-state index in [9.17, 15) is 9.59 Å². The molecule has 2 aromatic carbocycles. The second kappa shape index (κ2) is 8.39. The second-order valence-electron chi connectivity index (χ2n) is 6.40. The van der Waals surface area contributed by atoms with Gasteiger partial charge in [-0.25, -0.2) is 4.79 Å². The Morgan fingerprint density at radius 3 is 2.34 bits per heavy atom. The van der Waals surface area contributed by atoms with Gasteiger partial charge in [0.2, 0.25) is 11.5 Å². The first-order valence-corrected chi connectivity index (χ1v) is 9.12. The molecule has 1 atom stereocenters. The molecule has 2 heterocycles. The molecule has 0 spiro atoms. The SMILES string of the molecule is O=C(OC(C(=O)c1ccccc1)c1ccccc1)c1ccc(Cn2cccn2)o1. The smallest absolute Gasteiger partial charge is 0.375 e. The largest absolute Gasteiger partial charge is 0.452 e. The summed E-state index contributed by atoms with van der Waals surface area (Å²) in [5.74, 6) is -0.399. The molecule has 0 fully saturated rings. The van der Waals surface area contributed by atoms with Crippen LogP contribution in [0.2, 0.25) is 0 Å². The summed E-state index contributed by atoms with van der Waals surface area (Å²) in [5, 5.41) is 4.11. The molecule has 0 saturated carbocycles. The number of hydrogen-bond acceptors (Lipinski definition) is 5. The van der Waals surface area contributed by atoms with E-state index >= 15 is 0 Å². The molecular formula is C23H18N2O4. The normalized spacial score (nSPS) is 11.7. The fourth-order valence-electron chi connectivity index (χ4n) is 2.95. The molecule has 0 saturated heterocycles. The van der Waals surface area contributed by atoms with Gasteiger partial charge in [-0.3, -0.25) is 9.48 Å². The van der Waals surface area contributed by atoms with Crippen molar-refractivity contribution in [1.29, 1.82) is 0 Å². The summed E-state index contributed by atoms with van der Waals surface area (Å²) in [7, 11) is 0. The Morgan fingerprint density at radius 1 is 0.931 bits per heavy atom. The maximum Gasteiger partial charge on any atom is 0.375 e. The number of hydrogen-bond donors (Lipinski definition) is 0. The van der Waals surface area contributed by atoms with E-state index in [-0.39, 0.29) is 11.5 Å². The molecule has 0 aliphatic rings. The van der Waals surface area contributed by atoms with Gasteiger partial charge in [0.05, 0.1) is 6.54 Å². The summed E-state index contributed by atoms with van der Waals surface area (Å²) in [6, 6.07) is 22.7. The van der Waals surface area contributed by atoms with Gasteiger partial charge < -0.3 is 9.15 Å². The van der Waals surface area contributed by atoms with Gasteiger partial charge in [-0.2, -0.15) is 5.10 Å². The fraction of sp³-hybridized carbons (Fsp3) is 0.0870. The van der Waals surface area contributed by atoms with Crippen LogP contribution in [0.5, 0.6) is 0 Å². The minimum Gasteiger partial charge on any atom is -0.452 e. The van der Waals surface area contributed by atoms with E-state index in [4.69, 9.17) is 9.15 Å². The van der Waals surface area contributed by atoms with Crippen molar-refractivity contribution in [2.24, 2.45) is 0 Å². The molecule has 2 aromatic heterocycles. The molecule has 6 nitrogen and oxygen atoms in total. The van der Waals surface area contributed by atoms with Gasteiger partial charge in [0.1, 0.15) is 5.76 Å². The van der Waals surface area contributed by atoms with Crippen LogP contribution in [0.1, 0.15) is 38.3 Å². The van der Waals surface area contributed by atoms with Crippen LogP contribution in [0.25, 0.3) is 0 Å². The van der Waals surface area contributed by atoms with Crippen LogP contribution in [0.3, 0.4) is 0 Å². The Hall–Kier alpha value is -3.93. The highest BCUT2D eigenvalue weighted by atomic mass is 16.6. The van der Waals surface area contributed by atoms with Crippen LogP contribution < -0.4 is 0 Å². The quantitative estimate of drug-likeness (QED) is 0.350. The number of rotatable bonds is 7. The van der Waals surface area contributed by atoms with Crippen LogP contribution in [0.4, 0.5) is 0 Å². The van der Waals surface area contributed by atoms with Crippen molar-refractivity contribution in [2.45, 2.75) is 12.6 Å². The van der Waals surface area contributed by atoms with Crippen molar-refractivity contribution < 1.29 is 18.7 Å². The molecule has 0 N–H and O–H groups in total. The summed E-state index contributed by atoms with van der Waals surface area (Å²) in [4.78, 5) is 25.7. The molecule has 0 aliphatic carbocycles. The molecule has 0 aliphatic heterocycles. The minimum absolute atomic E-state index is 0.0361. The first kappa shape index (κ1) is 18.4. The molecular weight excluding hydrogens is 368 g/mol. The number of carbonyl (C=O) groups is 2. The molecule has 4 rings (SSSR count). The summed E-state index contributed by atoms with van der Waals surface area (Å²) in [5.41, 5.74) is 1.06. The maximum atomic E-state index is 13.0. The second-order valence-corrected chi connectivity index (χ2v) is 6.40. The van der Waals surface area contributed by atoms with Gasteiger partial charge in [0, 0.05) is 23.5 Å².